The fraction of sp³-hybridized carbons (Fsp3) is 0.417. The third-order valence-electron chi connectivity index (χ3n) is 2.37. The van der Waals surface area contributed by atoms with Gasteiger partial charge >= 0.3 is 128 Å². The van der Waals surface area contributed by atoms with Crippen molar-refractivity contribution in [1.82, 2.24) is 0 Å². The average Bonchev–Trinajstić information content (AvgIpc) is 2.28. The summed E-state index contributed by atoms with van der Waals surface area (Å²) in [5.41, 5.74) is 0. The number of carbonyl (C=O) groups is 1. The van der Waals surface area contributed by atoms with E-state index < -0.39 is 10.3 Å². The van der Waals surface area contributed by atoms with Gasteiger partial charge in [0.25, 0.3) is 0 Å². The fourth-order valence-corrected chi connectivity index (χ4v) is 13.2. The average molecular weight is 574 g/mol. The van der Waals surface area contributed by atoms with Gasteiger partial charge in [-0.2, -0.15) is 0 Å². The number of benzene rings is 1. The summed E-state index contributed by atoms with van der Waals surface area (Å²) in [7, 11) is -0.602. The van der Waals surface area contributed by atoms with Crippen molar-refractivity contribution in [3.63, 3.8) is 0 Å². The summed E-state index contributed by atoms with van der Waals surface area (Å²) in [6.45, 7) is 3.95. The van der Waals surface area contributed by atoms with Crippen LogP contribution in [0.25, 0.3) is 0 Å². The molecule has 2 nitrogen and oxygen atoms in total. The molecule has 0 aliphatic heterocycles. The molecule has 0 aromatic heterocycles. The number of hydrogen-bond donors (Lipinski definition) is 0. The van der Waals surface area contributed by atoms with E-state index in [9.17, 15) is 4.79 Å². The molecule has 0 spiro atoms. The SMILES string of the molecule is COc1ccc([Te](I)(I)CC(=O)C(C)C)cc1. The Labute approximate surface area is 126 Å². The first-order valence-electron chi connectivity index (χ1n) is 5.24. The molecule has 1 rings (SSSR count). The number of Topliss-reactive ketones (excluding diaryl/α,β-unsaturated/α-hetero) is 1. The Morgan fingerprint density at radius 1 is 1.29 bits per heavy atom. The molecule has 1 aromatic rings. The van der Waals surface area contributed by atoms with Crippen LogP contribution in [-0.4, -0.2) is 23.2 Å². The molecule has 0 saturated carbocycles. The van der Waals surface area contributed by atoms with Crippen LogP contribution in [0.15, 0.2) is 24.3 Å². The van der Waals surface area contributed by atoms with E-state index >= 15 is 0 Å². The van der Waals surface area contributed by atoms with Crippen LogP contribution in [0.4, 0.5) is 0 Å². The number of halogens is 2. The summed E-state index contributed by atoms with van der Waals surface area (Å²) < 4.78 is 7.23. The Bertz CT molecular complexity index is 388. The molecule has 0 saturated heterocycles. The predicted octanol–water partition coefficient (Wildman–Crippen LogP) is 3.44. The van der Waals surface area contributed by atoms with Gasteiger partial charge in [0, 0.05) is 0 Å². The molecule has 96 valence electrons. The van der Waals surface area contributed by atoms with Gasteiger partial charge in [-0.25, -0.2) is 0 Å². The molecule has 0 atom stereocenters. The molecular formula is C12H16I2O2Te. The second-order valence-electron chi connectivity index (χ2n) is 4.02. The first-order valence-corrected chi connectivity index (χ1v) is 21.6. The van der Waals surface area contributed by atoms with E-state index in [2.05, 4.69) is 49.5 Å². The molecule has 5 heteroatoms. The summed E-state index contributed by atoms with van der Waals surface area (Å²) in [5, 5.41) is 0. The van der Waals surface area contributed by atoms with E-state index in [1.165, 1.54) is 3.61 Å². The predicted molar refractivity (Wildman–Crippen MR) is 91.1 cm³/mol. The molecule has 0 fully saturated rings. The van der Waals surface area contributed by atoms with Crippen molar-refractivity contribution in [2.45, 2.75) is 18.3 Å². The molecule has 0 aliphatic carbocycles. The van der Waals surface area contributed by atoms with Crippen LogP contribution in [0.1, 0.15) is 13.8 Å². The van der Waals surface area contributed by atoms with Crippen LogP contribution in [0.2, 0.25) is 4.47 Å². The van der Waals surface area contributed by atoms with Crippen LogP contribution in [0, 0.1) is 5.92 Å². The van der Waals surface area contributed by atoms with Crippen molar-refractivity contribution in [2.24, 2.45) is 5.92 Å². The number of ketones is 1. The minimum absolute atomic E-state index is 0.142. The first kappa shape index (κ1) is 16.0. The van der Waals surface area contributed by atoms with Crippen LogP contribution in [0.5, 0.6) is 5.75 Å². The maximum atomic E-state index is 11.9. The van der Waals surface area contributed by atoms with E-state index in [1.807, 2.05) is 26.0 Å². The zero-order valence-electron chi connectivity index (χ0n) is 10.1. The molecule has 0 unspecified atom stereocenters. The van der Waals surface area contributed by atoms with Crippen molar-refractivity contribution in [2.75, 3.05) is 7.11 Å². The van der Waals surface area contributed by atoms with Gasteiger partial charge in [0.05, 0.1) is 0 Å². The number of carbonyl (C=O) groups excluding carboxylic acids is 1. The topological polar surface area (TPSA) is 26.3 Å². The molecule has 0 amide bonds. The standard InChI is InChI=1S/C12H16I2O2Te/c1-9(2)12(15)8-17(13,14)11-6-4-10(16-3)5-7-11/h4-7,9H,8H2,1-3H3. The number of methoxy groups -OCH3 is 1. The van der Waals surface area contributed by atoms with Gasteiger partial charge in [-0.1, -0.05) is 0 Å². The van der Waals surface area contributed by atoms with E-state index in [4.69, 9.17) is 4.74 Å². The van der Waals surface area contributed by atoms with Crippen molar-refractivity contribution >= 4 is 57.1 Å². The summed E-state index contributed by atoms with van der Waals surface area (Å²) in [5.74, 6) is 1.39. The second kappa shape index (κ2) is 6.92. The molecule has 0 heterocycles. The molecule has 17 heavy (non-hydrogen) atoms. The zero-order chi connectivity index (χ0) is 13.1. The van der Waals surface area contributed by atoms with E-state index in [0.29, 0.717) is 5.78 Å². The number of rotatable bonds is 5. The van der Waals surface area contributed by atoms with Crippen molar-refractivity contribution in [3.8, 4) is 5.75 Å². The number of hydrogen-bond acceptors (Lipinski definition) is 2. The van der Waals surface area contributed by atoms with Gasteiger partial charge in [-0.05, 0) is 0 Å². The monoisotopic (exact) mass is 576 g/mol. The van der Waals surface area contributed by atoms with Gasteiger partial charge < -0.3 is 0 Å². The zero-order valence-corrected chi connectivity index (χ0v) is 16.7. The number of ether oxygens (including phenoxy) is 1. The summed E-state index contributed by atoms with van der Waals surface area (Å²) in [4.78, 5) is 11.9. The summed E-state index contributed by atoms with van der Waals surface area (Å²) in [6, 6.07) is 8.17. The van der Waals surface area contributed by atoms with Crippen molar-refractivity contribution in [3.05, 3.63) is 24.3 Å². The Hall–Kier alpha value is 0.940. The van der Waals surface area contributed by atoms with Crippen LogP contribution in [-0.2, 0) is 4.79 Å². The molecule has 1 aromatic carbocycles. The van der Waals surface area contributed by atoms with Crippen LogP contribution < -0.4 is 8.35 Å². The summed E-state index contributed by atoms with van der Waals surface area (Å²) >= 11 is 5.06. The Kier molecular flexibility index (Phi) is 6.51. The Balaban J connectivity index is 2.84. The Morgan fingerprint density at radius 3 is 2.24 bits per heavy atom. The van der Waals surface area contributed by atoms with Crippen molar-refractivity contribution < 1.29 is 9.53 Å². The molecule has 0 aliphatic rings. The quantitative estimate of drug-likeness (QED) is 0.399. The minimum atomic E-state index is -2.27. The fourth-order valence-electron chi connectivity index (χ4n) is 1.20. The second-order valence-corrected chi connectivity index (χ2v) is 40.9. The molecule has 0 radical (unpaired) electrons. The third-order valence-corrected chi connectivity index (χ3v) is 18.0. The van der Waals surface area contributed by atoms with Crippen molar-refractivity contribution in [1.29, 1.82) is 0 Å². The van der Waals surface area contributed by atoms with E-state index in [0.717, 1.165) is 10.2 Å². The normalized spacial score (nSPS) is 12.6. The molecular weight excluding hydrogens is 558 g/mol. The van der Waals surface area contributed by atoms with Gasteiger partial charge in [-0.3, -0.25) is 0 Å². The van der Waals surface area contributed by atoms with Gasteiger partial charge in [0.15, 0.2) is 0 Å². The molecule has 0 bridgehead atoms. The maximum absolute atomic E-state index is 11.9. The first-order chi connectivity index (χ1) is 7.86. The Morgan fingerprint density at radius 2 is 1.82 bits per heavy atom. The van der Waals surface area contributed by atoms with E-state index in [1.54, 1.807) is 7.11 Å². The third kappa shape index (κ3) is 4.84. The van der Waals surface area contributed by atoms with Crippen LogP contribution in [0.3, 0.4) is 0 Å². The van der Waals surface area contributed by atoms with Crippen LogP contribution >= 0.6 is 37.4 Å². The van der Waals surface area contributed by atoms with Gasteiger partial charge in [0.2, 0.25) is 0 Å². The van der Waals surface area contributed by atoms with Gasteiger partial charge in [-0.15, -0.1) is 0 Å². The molecule has 0 N–H and O–H groups in total. The van der Waals surface area contributed by atoms with E-state index in [-0.39, 0.29) is 5.92 Å². The van der Waals surface area contributed by atoms with Gasteiger partial charge in [0.1, 0.15) is 0 Å². The summed E-state index contributed by atoms with van der Waals surface area (Å²) in [6.07, 6.45) is 0.